The Hall–Kier alpha value is 0.137. The molecule has 0 aromatic heterocycles. The lowest BCUT2D eigenvalue weighted by atomic mass is 10.4. The van der Waals surface area contributed by atoms with E-state index < -0.39 is 9.20 Å². The van der Waals surface area contributed by atoms with Crippen LogP contribution in [0.15, 0.2) is 0 Å². The van der Waals surface area contributed by atoms with Gasteiger partial charge >= 0.3 is 0 Å². The van der Waals surface area contributed by atoms with Crippen LogP contribution in [0.2, 0.25) is 6.55 Å². The Balaban J connectivity index is 2.18. The van der Waals surface area contributed by atoms with E-state index in [1.165, 1.54) is 25.9 Å². The van der Waals surface area contributed by atoms with E-state index in [0.717, 1.165) is 6.61 Å². The summed E-state index contributed by atoms with van der Waals surface area (Å²) in [7, 11) is -0.921. The first-order valence-electron chi connectivity index (χ1n) is 4.20. The Morgan fingerprint density at radius 2 is 2.00 bits per heavy atom. The van der Waals surface area contributed by atoms with E-state index in [1.807, 2.05) is 0 Å². The van der Waals surface area contributed by atoms with E-state index in [1.54, 1.807) is 0 Å². The zero-order valence-corrected chi connectivity index (χ0v) is 8.12. The van der Waals surface area contributed by atoms with Gasteiger partial charge in [-0.15, -0.1) is 0 Å². The largest absolute Gasteiger partial charge is 0.406 e. The molecule has 0 aliphatic carbocycles. The van der Waals surface area contributed by atoms with Crippen LogP contribution in [0.4, 0.5) is 0 Å². The zero-order chi connectivity index (χ0) is 7.40. The van der Waals surface area contributed by atoms with Crippen LogP contribution in [0.3, 0.4) is 0 Å². The summed E-state index contributed by atoms with van der Waals surface area (Å²) in [5.41, 5.74) is 0. The molecule has 1 aliphatic rings. The summed E-state index contributed by atoms with van der Waals surface area (Å²) in [6.07, 6.45) is 2.76. The molecule has 0 amide bonds. The molecule has 1 aliphatic heterocycles. The third kappa shape index (κ3) is 2.07. The predicted octanol–water partition coefficient (Wildman–Crippen LogP) is 0.969. The van der Waals surface area contributed by atoms with Crippen LogP contribution in [-0.2, 0) is 4.43 Å². The van der Waals surface area contributed by atoms with E-state index in [-0.39, 0.29) is 0 Å². The quantitative estimate of drug-likeness (QED) is 0.569. The van der Waals surface area contributed by atoms with Gasteiger partial charge in [0.2, 0.25) is 0 Å². The van der Waals surface area contributed by atoms with E-state index in [2.05, 4.69) is 18.0 Å². The first-order valence-corrected chi connectivity index (χ1v) is 6.34. The second-order valence-corrected chi connectivity index (χ2v) is 5.06. The fraction of sp³-hybridized carbons (Fsp3) is 1.00. The van der Waals surface area contributed by atoms with Gasteiger partial charge in [0.15, 0.2) is 0 Å². The number of rotatable bonds is 3. The minimum atomic E-state index is -0.921. The van der Waals surface area contributed by atoms with Crippen LogP contribution >= 0.6 is 0 Å². The van der Waals surface area contributed by atoms with Gasteiger partial charge in [-0.1, -0.05) is 0 Å². The third-order valence-corrected chi connectivity index (χ3v) is 4.42. The van der Waals surface area contributed by atoms with E-state index in [4.69, 9.17) is 4.43 Å². The summed E-state index contributed by atoms with van der Waals surface area (Å²) >= 11 is 0. The fourth-order valence-electron chi connectivity index (χ4n) is 1.45. The normalized spacial score (nSPS) is 23.4. The molecule has 3 heteroatoms. The molecule has 1 rings (SSSR count). The monoisotopic (exact) mass is 159 g/mol. The molecule has 1 saturated heterocycles. The summed E-state index contributed by atoms with van der Waals surface area (Å²) in [5, 5.41) is 0. The molecule has 2 nitrogen and oxygen atoms in total. The molecule has 0 radical (unpaired) electrons. The molecule has 0 aromatic rings. The average Bonchev–Trinajstić information content (AvgIpc) is 2.38. The Bertz CT molecular complexity index is 93.6. The number of hydrogen-bond acceptors (Lipinski definition) is 2. The molecule has 0 saturated carbocycles. The number of hydrogen-bond donors (Lipinski definition) is 0. The summed E-state index contributed by atoms with van der Waals surface area (Å²) < 4.78 is 8.12. The van der Waals surface area contributed by atoms with Crippen molar-refractivity contribution >= 4 is 9.20 Å². The predicted molar refractivity (Wildman–Crippen MR) is 45.4 cm³/mol. The van der Waals surface area contributed by atoms with Crippen molar-refractivity contribution in [3.05, 3.63) is 0 Å². The smallest absolute Gasteiger partial charge is 0.251 e. The maximum atomic E-state index is 5.59. The highest BCUT2D eigenvalue weighted by Gasteiger charge is 2.19. The molecule has 0 N–H and O–H groups in total. The van der Waals surface area contributed by atoms with Crippen LogP contribution in [-0.4, -0.2) is 33.5 Å². The van der Waals surface area contributed by atoms with Crippen molar-refractivity contribution in [1.82, 2.24) is 4.57 Å². The third-order valence-electron chi connectivity index (χ3n) is 2.06. The molecule has 1 unspecified atom stereocenters. The Morgan fingerprint density at radius 3 is 2.50 bits per heavy atom. The molecule has 1 atom stereocenters. The standard InChI is InChI=1S/C7H17NOSi/c1-3-9-10(2)8-6-4-5-7-8/h10H,3-7H2,1-2H3. The Labute approximate surface area is 65.0 Å². The van der Waals surface area contributed by atoms with Gasteiger partial charge in [0.05, 0.1) is 0 Å². The highest BCUT2D eigenvalue weighted by atomic mass is 28.3. The minimum Gasteiger partial charge on any atom is -0.406 e. The van der Waals surface area contributed by atoms with Crippen LogP contribution in [0.25, 0.3) is 0 Å². The number of nitrogens with zero attached hydrogens (tertiary/aromatic N) is 1. The van der Waals surface area contributed by atoms with Crippen molar-refractivity contribution in [1.29, 1.82) is 0 Å². The van der Waals surface area contributed by atoms with Crippen molar-refractivity contribution in [2.45, 2.75) is 26.3 Å². The first kappa shape index (κ1) is 8.24. The average molecular weight is 159 g/mol. The van der Waals surface area contributed by atoms with Crippen molar-refractivity contribution < 1.29 is 4.43 Å². The van der Waals surface area contributed by atoms with Gasteiger partial charge in [-0.05, 0) is 39.4 Å². The summed E-state index contributed by atoms with van der Waals surface area (Å²) in [4.78, 5) is 0. The van der Waals surface area contributed by atoms with Crippen molar-refractivity contribution in [2.75, 3.05) is 19.7 Å². The molecular formula is C7H17NOSi. The minimum absolute atomic E-state index is 0.893. The fourth-order valence-corrected chi connectivity index (χ4v) is 3.24. The lowest BCUT2D eigenvalue weighted by Crippen LogP contribution is -2.36. The van der Waals surface area contributed by atoms with Crippen LogP contribution in [0, 0.1) is 0 Å². The van der Waals surface area contributed by atoms with Crippen molar-refractivity contribution in [3.8, 4) is 0 Å². The topological polar surface area (TPSA) is 12.5 Å². The summed E-state index contributed by atoms with van der Waals surface area (Å²) in [5.74, 6) is 0. The zero-order valence-electron chi connectivity index (χ0n) is 6.97. The SMILES string of the molecule is CCO[SiH](C)N1CCCC1. The van der Waals surface area contributed by atoms with Crippen LogP contribution < -0.4 is 0 Å². The van der Waals surface area contributed by atoms with Gasteiger partial charge in [-0.3, -0.25) is 0 Å². The van der Waals surface area contributed by atoms with Crippen molar-refractivity contribution in [3.63, 3.8) is 0 Å². The lowest BCUT2D eigenvalue weighted by Gasteiger charge is -2.21. The molecule has 60 valence electrons. The van der Waals surface area contributed by atoms with E-state index in [0.29, 0.717) is 0 Å². The van der Waals surface area contributed by atoms with Gasteiger partial charge in [-0.25, -0.2) is 0 Å². The highest BCUT2D eigenvalue weighted by molar-refractivity contribution is 6.46. The molecule has 0 aromatic carbocycles. The Morgan fingerprint density at radius 1 is 1.40 bits per heavy atom. The van der Waals surface area contributed by atoms with Crippen LogP contribution in [0.5, 0.6) is 0 Å². The van der Waals surface area contributed by atoms with Gasteiger partial charge in [-0.2, -0.15) is 0 Å². The second kappa shape index (κ2) is 4.11. The molecule has 10 heavy (non-hydrogen) atoms. The Kier molecular flexibility index (Phi) is 3.38. The van der Waals surface area contributed by atoms with E-state index in [9.17, 15) is 0 Å². The molecule has 0 bridgehead atoms. The molecular weight excluding hydrogens is 142 g/mol. The summed E-state index contributed by atoms with van der Waals surface area (Å²) in [6, 6.07) is 0. The maximum absolute atomic E-state index is 5.59. The summed E-state index contributed by atoms with van der Waals surface area (Å²) in [6.45, 7) is 7.82. The van der Waals surface area contributed by atoms with Gasteiger partial charge in [0.25, 0.3) is 9.20 Å². The van der Waals surface area contributed by atoms with Crippen LogP contribution in [0.1, 0.15) is 19.8 Å². The van der Waals surface area contributed by atoms with E-state index >= 15 is 0 Å². The maximum Gasteiger partial charge on any atom is 0.251 e. The molecule has 0 spiro atoms. The lowest BCUT2D eigenvalue weighted by molar-refractivity contribution is 0.295. The second-order valence-electron chi connectivity index (χ2n) is 2.80. The highest BCUT2D eigenvalue weighted by Crippen LogP contribution is 2.09. The van der Waals surface area contributed by atoms with Gasteiger partial charge in [0, 0.05) is 6.61 Å². The first-order chi connectivity index (χ1) is 4.84. The van der Waals surface area contributed by atoms with Crippen molar-refractivity contribution in [2.24, 2.45) is 0 Å². The van der Waals surface area contributed by atoms with Gasteiger partial charge in [0.1, 0.15) is 0 Å². The molecule has 1 heterocycles. The molecule has 1 fully saturated rings. The van der Waals surface area contributed by atoms with Gasteiger partial charge < -0.3 is 8.99 Å².